The zero-order chi connectivity index (χ0) is 17.0. The number of nitrogens with zero attached hydrogens (tertiary/aromatic N) is 1. The van der Waals surface area contributed by atoms with Gasteiger partial charge >= 0.3 is 12.4 Å². The van der Waals surface area contributed by atoms with Crippen molar-refractivity contribution in [3.8, 4) is 0 Å². The Kier molecular flexibility index (Phi) is 3.70. The third kappa shape index (κ3) is 3.08. The van der Waals surface area contributed by atoms with E-state index in [1.165, 1.54) is 0 Å². The summed E-state index contributed by atoms with van der Waals surface area (Å²) in [7, 11) is 0. The number of alkyl halides is 6. The van der Waals surface area contributed by atoms with E-state index in [2.05, 4.69) is 0 Å². The van der Waals surface area contributed by atoms with Crippen molar-refractivity contribution in [1.82, 2.24) is 4.90 Å². The lowest BCUT2D eigenvalue weighted by atomic mass is 10.0. The summed E-state index contributed by atoms with van der Waals surface area (Å²) in [4.78, 5) is 12.4. The summed E-state index contributed by atoms with van der Waals surface area (Å²) in [5, 5.41) is 0. The first kappa shape index (κ1) is 16.3. The monoisotopic (exact) mass is 337 g/mol. The number of hydrogen-bond donors (Lipinski definition) is 0. The highest BCUT2D eigenvalue weighted by Crippen LogP contribution is 2.50. The molecule has 1 heterocycles. The van der Waals surface area contributed by atoms with Gasteiger partial charge in [-0.1, -0.05) is 6.07 Å². The molecule has 3 rings (SSSR count). The predicted octanol–water partition coefficient (Wildman–Crippen LogP) is 3.60. The summed E-state index contributed by atoms with van der Waals surface area (Å²) < 4.78 is 77.0. The number of rotatable bonds is 3. The molecule has 1 aromatic rings. The number of halogens is 6. The van der Waals surface area contributed by atoms with Crippen LogP contribution >= 0.6 is 0 Å². The van der Waals surface area contributed by atoms with Crippen molar-refractivity contribution < 1.29 is 31.1 Å². The Morgan fingerprint density at radius 2 is 1.65 bits per heavy atom. The molecule has 23 heavy (non-hydrogen) atoms. The van der Waals surface area contributed by atoms with Gasteiger partial charge in [-0.25, -0.2) is 0 Å². The van der Waals surface area contributed by atoms with Crippen LogP contribution in [0.1, 0.15) is 16.7 Å². The van der Waals surface area contributed by atoms with Gasteiger partial charge in [0.25, 0.3) is 0 Å². The lowest BCUT2D eigenvalue weighted by molar-refractivity contribution is -0.143. The molecule has 0 aromatic heterocycles. The number of benzene rings is 1. The molecule has 1 saturated heterocycles. The standard InChI is InChI=1S/C15H13F6NO/c16-14(17,18)9-2-1-8(13(3-9)15(19,20)21)4-22-5-10-11(6-22)12(10)7-23/h1-3,7,10-12H,4-6H2. The van der Waals surface area contributed by atoms with Crippen LogP contribution in [0.25, 0.3) is 0 Å². The zero-order valence-corrected chi connectivity index (χ0v) is 11.8. The highest BCUT2D eigenvalue weighted by Gasteiger charge is 2.55. The molecule has 1 aromatic carbocycles. The van der Waals surface area contributed by atoms with E-state index < -0.39 is 23.5 Å². The quantitative estimate of drug-likeness (QED) is 0.620. The molecule has 0 N–H and O–H groups in total. The summed E-state index contributed by atoms with van der Waals surface area (Å²) in [5.41, 5.74) is -2.73. The maximum absolute atomic E-state index is 13.1. The van der Waals surface area contributed by atoms with Crippen LogP contribution < -0.4 is 0 Å². The smallest absolute Gasteiger partial charge is 0.303 e. The normalized spacial score (nSPS) is 27.8. The van der Waals surface area contributed by atoms with Crippen molar-refractivity contribution in [2.24, 2.45) is 17.8 Å². The van der Waals surface area contributed by atoms with Crippen LogP contribution in [-0.4, -0.2) is 24.3 Å². The van der Waals surface area contributed by atoms with E-state index >= 15 is 0 Å². The van der Waals surface area contributed by atoms with Crippen molar-refractivity contribution >= 4 is 6.29 Å². The van der Waals surface area contributed by atoms with Gasteiger partial charge in [-0.15, -0.1) is 0 Å². The van der Waals surface area contributed by atoms with Crippen LogP contribution in [0.4, 0.5) is 26.3 Å². The molecule has 1 aliphatic heterocycles. The van der Waals surface area contributed by atoms with E-state index in [1.807, 2.05) is 0 Å². The van der Waals surface area contributed by atoms with E-state index in [-0.39, 0.29) is 35.9 Å². The number of likely N-dealkylation sites (tertiary alicyclic amines) is 1. The first-order valence-corrected chi connectivity index (χ1v) is 7.06. The van der Waals surface area contributed by atoms with E-state index in [0.29, 0.717) is 19.2 Å². The molecule has 126 valence electrons. The fourth-order valence-corrected chi connectivity index (χ4v) is 3.39. The molecule has 0 amide bonds. The molecular formula is C15H13F6NO. The maximum atomic E-state index is 13.1. The summed E-state index contributed by atoms with van der Waals surface area (Å²) in [6, 6.07) is 1.74. The van der Waals surface area contributed by atoms with Crippen molar-refractivity contribution in [3.63, 3.8) is 0 Å². The van der Waals surface area contributed by atoms with Crippen LogP contribution in [0, 0.1) is 17.8 Å². The predicted molar refractivity (Wildman–Crippen MR) is 68.3 cm³/mol. The number of hydrogen-bond acceptors (Lipinski definition) is 2. The average molecular weight is 337 g/mol. The summed E-state index contributed by atoms with van der Waals surface area (Å²) in [6.45, 7) is 0.949. The molecule has 1 aliphatic carbocycles. The zero-order valence-electron chi connectivity index (χ0n) is 11.8. The molecule has 2 fully saturated rings. The number of carbonyl (C=O) groups is 1. The van der Waals surface area contributed by atoms with Gasteiger partial charge in [-0.3, -0.25) is 4.90 Å². The van der Waals surface area contributed by atoms with Crippen LogP contribution in [0.2, 0.25) is 0 Å². The SMILES string of the molecule is O=CC1C2CN(Cc3ccc(C(F)(F)F)cc3C(F)(F)F)CC12. The summed E-state index contributed by atoms with van der Waals surface area (Å²) in [5.74, 6) is 0.341. The molecule has 2 atom stereocenters. The lowest BCUT2D eigenvalue weighted by Crippen LogP contribution is -2.26. The van der Waals surface area contributed by atoms with Crippen molar-refractivity contribution in [3.05, 3.63) is 34.9 Å². The van der Waals surface area contributed by atoms with E-state index in [1.54, 1.807) is 4.90 Å². The van der Waals surface area contributed by atoms with E-state index in [0.717, 1.165) is 12.4 Å². The minimum Gasteiger partial charge on any atom is -0.303 e. The average Bonchev–Trinajstić information content (AvgIpc) is 2.90. The van der Waals surface area contributed by atoms with E-state index in [4.69, 9.17) is 0 Å². The first-order valence-electron chi connectivity index (χ1n) is 7.06. The molecular weight excluding hydrogens is 324 g/mol. The third-order valence-electron chi connectivity index (χ3n) is 4.63. The van der Waals surface area contributed by atoms with Crippen molar-refractivity contribution in [2.75, 3.05) is 13.1 Å². The van der Waals surface area contributed by atoms with Gasteiger partial charge in [-0.2, -0.15) is 26.3 Å². The Bertz CT molecular complexity index is 611. The largest absolute Gasteiger partial charge is 0.416 e. The summed E-state index contributed by atoms with van der Waals surface area (Å²) >= 11 is 0. The van der Waals surface area contributed by atoms with Gasteiger partial charge in [0.2, 0.25) is 0 Å². The molecule has 0 spiro atoms. The number of aldehydes is 1. The second-order valence-corrected chi connectivity index (χ2v) is 6.10. The second kappa shape index (κ2) is 5.22. The first-order chi connectivity index (χ1) is 10.6. The summed E-state index contributed by atoms with van der Waals surface area (Å²) in [6.07, 6.45) is -8.79. The van der Waals surface area contributed by atoms with Gasteiger partial charge < -0.3 is 4.79 Å². The van der Waals surface area contributed by atoms with Crippen LogP contribution in [0.3, 0.4) is 0 Å². The third-order valence-corrected chi connectivity index (χ3v) is 4.63. The minimum atomic E-state index is -4.84. The fraction of sp³-hybridized carbons (Fsp3) is 0.533. The van der Waals surface area contributed by atoms with Gasteiger partial charge in [0.15, 0.2) is 0 Å². The Labute approximate surface area is 128 Å². The molecule has 0 bridgehead atoms. The Morgan fingerprint density at radius 3 is 2.13 bits per heavy atom. The molecule has 2 nitrogen and oxygen atoms in total. The molecule has 2 unspecified atom stereocenters. The topological polar surface area (TPSA) is 20.3 Å². The number of piperidine rings is 1. The highest BCUT2D eigenvalue weighted by atomic mass is 19.4. The Balaban J connectivity index is 1.81. The second-order valence-electron chi connectivity index (χ2n) is 6.10. The molecule has 0 radical (unpaired) electrons. The van der Waals surface area contributed by atoms with E-state index in [9.17, 15) is 31.1 Å². The van der Waals surface area contributed by atoms with Crippen LogP contribution in [0.15, 0.2) is 18.2 Å². The van der Waals surface area contributed by atoms with Gasteiger partial charge in [0.1, 0.15) is 6.29 Å². The van der Waals surface area contributed by atoms with Gasteiger partial charge in [0.05, 0.1) is 11.1 Å². The van der Waals surface area contributed by atoms with Crippen molar-refractivity contribution in [1.29, 1.82) is 0 Å². The van der Waals surface area contributed by atoms with Crippen molar-refractivity contribution in [2.45, 2.75) is 18.9 Å². The highest BCUT2D eigenvalue weighted by molar-refractivity contribution is 5.60. The number of fused-ring (bicyclic) bond motifs is 1. The Morgan fingerprint density at radius 1 is 1.04 bits per heavy atom. The van der Waals surface area contributed by atoms with Crippen LogP contribution in [0.5, 0.6) is 0 Å². The lowest BCUT2D eigenvalue weighted by Gasteiger charge is -2.22. The van der Waals surface area contributed by atoms with Crippen LogP contribution in [-0.2, 0) is 23.7 Å². The Hall–Kier alpha value is -1.57. The molecule has 2 aliphatic rings. The molecule has 1 saturated carbocycles. The fourth-order valence-electron chi connectivity index (χ4n) is 3.39. The van der Waals surface area contributed by atoms with Gasteiger partial charge in [-0.05, 0) is 29.5 Å². The maximum Gasteiger partial charge on any atom is 0.416 e. The number of carbonyl (C=O) groups excluding carboxylic acids is 1. The molecule has 8 heteroatoms. The van der Waals surface area contributed by atoms with Gasteiger partial charge in [0, 0.05) is 25.6 Å². The minimum absolute atomic E-state index is 0.0130.